The lowest BCUT2D eigenvalue weighted by atomic mass is 9.94. The monoisotopic (exact) mass is 443 g/mol. The van der Waals surface area contributed by atoms with Gasteiger partial charge in [0.1, 0.15) is 23.4 Å². The molecule has 8 nitrogen and oxygen atoms in total. The van der Waals surface area contributed by atoms with Gasteiger partial charge in [-0.25, -0.2) is 14.8 Å². The number of carbonyl (C=O) groups excluding carboxylic acids is 1. The maximum atomic E-state index is 12.5. The molecule has 5 rings (SSSR count). The number of fused-ring (bicyclic) bond motifs is 4. The maximum absolute atomic E-state index is 12.5. The Kier molecular flexibility index (Phi) is 4.53. The Hall–Kier alpha value is -3.94. The number of amides is 1. The van der Waals surface area contributed by atoms with Crippen molar-refractivity contribution in [2.45, 2.75) is 45.4 Å². The Morgan fingerprint density at radius 2 is 2.09 bits per heavy atom. The quantitative estimate of drug-likeness (QED) is 0.471. The van der Waals surface area contributed by atoms with Crippen molar-refractivity contribution in [2.75, 3.05) is 5.73 Å². The molecule has 3 N–H and O–H groups in total. The van der Waals surface area contributed by atoms with E-state index < -0.39 is 24.3 Å². The van der Waals surface area contributed by atoms with Gasteiger partial charge in [0.05, 0.1) is 24.0 Å². The second-order valence-electron chi connectivity index (χ2n) is 9.18. The number of benzene rings is 1. The lowest BCUT2D eigenvalue weighted by Crippen LogP contribution is -2.43. The Balaban J connectivity index is 1.67. The van der Waals surface area contributed by atoms with E-state index in [0.717, 1.165) is 33.3 Å². The third-order valence-corrected chi connectivity index (χ3v) is 5.52. The van der Waals surface area contributed by atoms with Crippen LogP contribution < -0.4 is 11.1 Å². The van der Waals surface area contributed by atoms with E-state index in [1.54, 1.807) is 31.5 Å². The number of hydrogen-bond donors (Lipinski definition) is 2. The summed E-state index contributed by atoms with van der Waals surface area (Å²) >= 11 is 0. The zero-order chi connectivity index (χ0) is 24.2. The molecule has 1 aliphatic rings. The van der Waals surface area contributed by atoms with Gasteiger partial charge in [-0.15, -0.1) is 0 Å². The zero-order valence-corrected chi connectivity index (χ0v) is 18.8. The standard InChI is InChI=1S/C25H26N6O2/c1-14-9-17(30-24(32)33-25(2,3)4)12-31-21(14)19(20-22(26)28-13-29-23(20)31)16-10-15-7-5-6-8-18(15)27-11-16/h5-8,10-11,13,17H,1,9,12H2,2-4H3,(H,30,32)(H2,26,28,29)/t17-/m0/s1/i12D/t12?,17-. The number of para-hydroxylation sites is 1. The number of pyridine rings is 1. The maximum Gasteiger partial charge on any atom is 0.407 e. The molecule has 3 aromatic heterocycles. The van der Waals surface area contributed by atoms with E-state index in [1.807, 2.05) is 30.3 Å². The molecular weight excluding hydrogens is 416 g/mol. The molecule has 1 unspecified atom stereocenters. The molecule has 8 heteroatoms. The molecule has 0 aliphatic carbocycles. The minimum absolute atomic E-state index is 0.312. The van der Waals surface area contributed by atoms with E-state index in [4.69, 9.17) is 11.8 Å². The molecule has 0 fully saturated rings. The van der Waals surface area contributed by atoms with Crippen LogP contribution in [0.25, 0.3) is 38.6 Å². The van der Waals surface area contributed by atoms with E-state index in [1.165, 1.54) is 6.33 Å². The predicted octanol–water partition coefficient (Wildman–Crippen LogP) is 4.54. The number of nitrogens with two attached hydrogens (primary N) is 1. The number of alkyl carbamates (subject to hydrolysis) is 1. The molecular formula is C25H26N6O2. The van der Waals surface area contributed by atoms with Crippen LogP contribution in [0.1, 0.15) is 34.3 Å². The Morgan fingerprint density at radius 3 is 2.88 bits per heavy atom. The molecule has 0 radical (unpaired) electrons. The van der Waals surface area contributed by atoms with Crippen LogP contribution in [0.5, 0.6) is 0 Å². The number of nitrogen functional groups attached to an aromatic ring is 1. The number of nitrogens with one attached hydrogen (secondary N) is 1. The van der Waals surface area contributed by atoms with Crippen molar-refractivity contribution in [3.05, 3.63) is 55.1 Å². The summed E-state index contributed by atoms with van der Waals surface area (Å²) in [6.07, 6.45) is 2.98. The summed E-state index contributed by atoms with van der Waals surface area (Å²) in [7, 11) is 0. The average Bonchev–Trinajstić information content (AvgIpc) is 3.13. The van der Waals surface area contributed by atoms with Crippen molar-refractivity contribution >= 4 is 39.4 Å². The first-order chi connectivity index (χ1) is 16.1. The van der Waals surface area contributed by atoms with Crippen LogP contribution >= 0.6 is 0 Å². The molecule has 0 bridgehead atoms. The molecule has 4 heterocycles. The summed E-state index contributed by atoms with van der Waals surface area (Å²) < 4.78 is 16.2. The largest absolute Gasteiger partial charge is 0.444 e. The van der Waals surface area contributed by atoms with Gasteiger partial charge < -0.3 is 20.4 Å². The van der Waals surface area contributed by atoms with Gasteiger partial charge >= 0.3 is 6.09 Å². The highest BCUT2D eigenvalue weighted by Crippen LogP contribution is 2.43. The number of aromatic nitrogens is 4. The fourth-order valence-electron chi connectivity index (χ4n) is 4.28. The Labute approximate surface area is 192 Å². The van der Waals surface area contributed by atoms with E-state index in [2.05, 4.69) is 26.8 Å². The summed E-state index contributed by atoms with van der Waals surface area (Å²) in [5.41, 5.74) is 10.2. The normalized spacial score (nSPS) is 18.8. The van der Waals surface area contributed by atoms with E-state index in [9.17, 15) is 4.79 Å². The molecule has 4 aromatic rings. The third-order valence-electron chi connectivity index (χ3n) is 5.52. The smallest absolute Gasteiger partial charge is 0.407 e. The number of nitrogens with zero attached hydrogens (tertiary/aromatic N) is 4. The highest BCUT2D eigenvalue weighted by atomic mass is 16.6. The highest BCUT2D eigenvalue weighted by Gasteiger charge is 2.31. The summed E-state index contributed by atoms with van der Waals surface area (Å²) in [4.78, 5) is 25.7. The second kappa shape index (κ2) is 7.58. The van der Waals surface area contributed by atoms with Gasteiger partial charge in [-0.05, 0) is 44.9 Å². The van der Waals surface area contributed by atoms with E-state index >= 15 is 0 Å². The first-order valence-electron chi connectivity index (χ1n) is 11.3. The number of hydrogen-bond acceptors (Lipinski definition) is 6. The lowest BCUT2D eigenvalue weighted by Gasteiger charge is -2.29. The van der Waals surface area contributed by atoms with Gasteiger partial charge in [0.25, 0.3) is 0 Å². The molecule has 0 spiro atoms. The molecule has 1 amide bonds. The summed E-state index contributed by atoms with van der Waals surface area (Å²) in [5, 5.41) is 4.46. The van der Waals surface area contributed by atoms with Crippen molar-refractivity contribution in [1.29, 1.82) is 0 Å². The number of carbonyl (C=O) groups is 1. The van der Waals surface area contributed by atoms with E-state index in [-0.39, 0.29) is 0 Å². The Morgan fingerprint density at radius 1 is 1.30 bits per heavy atom. The van der Waals surface area contributed by atoms with Gasteiger partial charge in [0.2, 0.25) is 0 Å². The SMILES string of the molecule is [2H]C1[C@@H](NC(=O)OC(C)(C)C)CC(=C)c2c(-c3cnc4ccccc4c3)c3c(N)ncnc3n21. The lowest BCUT2D eigenvalue weighted by molar-refractivity contribution is 0.0499. The number of ether oxygens (including phenoxy) is 1. The molecule has 0 saturated heterocycles. The van der Waals surface area contributed by atoms with Crippen molar-refractivity contribution in [3.8, 4) is 11.1 Å². The van der Waals surface area contributed by atoms with Crippen molar-refractivity contribution in [3.63, 3.8) is 0 Å². The van der Waals surface area contributed by atoms with Gasteiger partial charge in [-0.3, -0.25) is 4.98 Å². The van der Waals surface area contributed by atoms with Crippen LogP contribution in [-0.2, 0) is 11.3 Å². The summed E-state index contributed by atoms with van der Waals surface area (Å²) in [6, 6.07) is 9.35. The molecule has 1 aromatic carbocycles. The Bertz CT molecular complexity index is 1460. The van der Waals surface area contributed by atoms with Crippen LogP contribution in [0.3, 0.4) is 0 Å². The molecule has 0 saturated carbocycles. The topological polar surface area (TPSA) is 108 Å². The van der Waals surface area contributed by atoms with Crippen LogP contribution in [0.2, 0.25) is 0 Å². The number of rotatable bonds is 2. The summed E-state index contributed by atoms with van der Waals surface area (Å²) in [5.74, 6) is 0.312. The molecule has 168 valence electrons. The van der Waals surface area contributed by atoms with Crippen LogP contribution in [0.4, 0.5) is 10.6 Å². The predicted molar refractivity (Wildman–Crippen MR) is 129 cm³/mol. The van der Waals surface area contributed by atoms with Crippen molar-refractivity contribution in [1.82, 2.24) is 24.8 Å². The van der Waals surface area contributed by atoms with Gasteiger partial charge in [-0.1, -0.05) is 24.8 Å². The van der Waals surface area contributed by atoms with Crippen LogP contribution in [0.15, 0.2) is 49.4 Å². The van der Waals surface area contributed by atoms with Crippen molar-refractivity contribution in [2.24, 2.45) is 0 Å². The van der Waals surface area contributed by atoms with Crippen LogP contribution in [0, 0.1) is 0 Å². The average molecular weight is 444 g/mol. The molecule has 1 aliphatic heterocycles. The summed E-state index contributed by atoms with van der Waals surface area (Å²) in [6.45, 7) is 8.81. The first kappa shape index (κ1) is 19.7. The second-order valence-corrected chi connectivity index (χ2v) is 9.18. The fraction of sp³-hybridized carbons (Fsp3) is 0.280. The molecule has 33 heavy (non-hydrogen) atoms. The fourth-order valence-corrected chi connectivity index (χ4v) is 4.28. The van der Waals surface area contributed by atoms with Crippen LogP contribution in [-0.4, -0.2) is 37.3 Å². The minimum Gasteiger partial charge on any atom is -0.444 e. The van der Waals surface area contributed by atoms with Crippen molar-refractivity contribution < 1.29 is 10.9 Å². The van der Waals surface area contributed by atoms with E-state index in [0.29, 0.717) is 23.3 Å². The first-order valence-corrected chi connectivity index (χ1v) is 10.7. The minimum atomic E-state index is -0.869. The molecule has 2 atom stereocenters. The number of anilines is 1. The van der Waals surface area contributed by atoms with Gasteiger partial charge in [-0.2, -0.15) is 0 Å². The third kappa shape index (κ3) is 3.77. The highest BCUT2D eigenvalue weighted by molar-refractivity contribution is 6.06. The van der Waals surface area contributed by atoms with Gasteiger partial charge in [0.15, 0.2) is 0 Å². The van der Waals surface area contributed by atoms with Gasteiger partial charge in [0, 0.05) is 29.2 Å². The zero-order valence-electron chi connectivity index (χ0n) is 19.8.